The van der Waals surface area contributed by atoms with Crippen LogP contribution in [0.25, 0.3) is 76.5 Å². The van der Waals surface area contributed by atoms with Crippen LogP contribution in [0.5, 0.6) is 0 Å². The van der Waals surface area contributed by atoms with Crippen molar-refractivity contribution in [1.29, 1.82) is 0 Å². The standard InChI is InChI=1S/C50H50O2/c1-47(2,3)29-19-27(20-30(23-29)48(4,5)6)37-25-39-43-41-33(37)15-13-17-35(41)46(52)40-26-38(34-16-14-18-36(45(39)51)42(34)44(40)43)28-21-31(49(7,8)9)24-32(22-28)50(10,11)12/h13-26H,1-12H3. The minimum absolute atomic E-state index is 0.0188. The third-order valence-corrected chi connectivity index (χ3v) is 11.5. The molecule has 0 saturated carbocycles. The molecule has 6 aromatic carbocycles. The van der Waals surface area contributed by atoms with Crippen LogP contribution in [0, 0.1) is 0 Å². The predicted octanol–water partition coefficient (Wildman–Crippen LogP) is 13.0. The largest absolute Gasteiger partial charge is 0.289 e. The van der Waals surface area contributed by atoms with E-state index in [0.29, 0.717) is 21.5 Å². The number of hydrogen-bond acceptors (Lipinski definition) is 2. The Bertz CT molecular complexity index is 2530. The van der Waals surface area contributed by atoms with Crippen molar-refractivity contribution >= 4 is 43.1 Å². The van der Waals surface area contributed by atoms with Crippen molar-refractivity contribution in [3.63, 3.8) is 0 Å². The molecule has 0 aliphatic heterocycles. The SMILES string of the molecule is CC(C)(C)c1cc(-c2cc3c4c5c2cccc5c(=O)c2cc(-c5cc(C(C)(C)C)cc(C(C)(C)C)c5)c5cccc(c3=O)c5c2-4)cc(C(C)(C)C)c1. The van der Waals surface area contributed by atoms with E-state index < -0.39 is 0 Å². The van der Waals surface area contributed by atoms with E-state index in [2.05, 4.69) is 144 Å². The Balaban J connectivity index is 1.54. The van der Waals surface area contributed by atoms with Gasteiger partial charge in [-0.05, 0) is 89.1 Å². The number of rotatable bonds is 2. The van der Waals surface area contributed by atoms with Crippen molar-refractivity contribution in [2.75, 3.05) is 0 Å². The molecule has 2 nitrogen and oxygen atoms in total. The maximum Gasteiger partial charge on any atom is 0.194 e. The van der Waals surface area contributed by atoms with Crippen molar-refractivity contribution in [1.82, 2.24) is 0 Å². The summed E-state index contributed by atoms with van der Waals surface area (Å²) in [5.74, 6) is 0. The Hall–Kier alpha value is -4.82. The second kappa shape index (κ2) is 10.9. The Labute approximate surface area is 307 Å². The molecule has 0 amide bonds. The summed E-state index contributed by atoms with van der Waals surface area (Å²) in [5, 5.41) is 6.51. The van der Waals surface area contributed by atoms with E-state index in [0.717, 1.165) is 54.9 Å². The summed E-state index contributed by atoms with van der Waals surface area (Å²) in [6, 6.07) is 30.2. The molecule has 6 aromatic rings. The molecule has 0 radical (unpaired) electrons. The molecule has 0 saturated heterocycles. The zero-order chi connectivity index (χ0) is 37.4. The summed E-state index contributed by atoms with van der Waals surface area (Å²) < 4.78 is 0. The van der Waals surface area contributed by atoms with Gasteiger partial charge in [-0.2, -0.15) is 0 Å². The highest BCUT2D eigenvalue weighted by atomic mass is 16.1. The molecular formula is C50H50O2. The summed E-state index contributed by atoms with van der Waals surface area (Å²) in [7, 11) is 0. The van der Waals surface area contributed by atoms with Crippen molar-refractivity contribution in [3.05, 3.63) is 128 Å². The summed E-state index contributed by atoms with van der Waals surface area (Å²) in [4.78, 5) is 29.8. The molecule has 2 heteroatoms. The van der Waals surface area contributed by atoms with Gasteiger partial charge < -0.3 is 0 Å². The molecule has 0 spiro atoms. The molecule has 0 heterocycles. The topological polar surface area (TPSA) is 34.1 Å². The van der Waals surface area contributed by atoms with Gasteiger partial charge in [0.05, 0.1) is 0 Å². The van der Waals surface area contributed by atoms with Gasteiger partial charge in [0.25, 0.3) is 0 Å². The first kappa shape index (κ1) is 34.3. The highest BCUT2D eigenvalue weighted by Gasteiger charge is 2.30. The van der Waals surface area contributed by atoms with E-state index in [9.17, 15) is 9.59 Å². The Morgan fingerprint density at radius 2 is 0.635 bits per heavy atom. The first-order chi connectivity index (χ1) is 24.1. The fraction of sp³-hybridized carbons (Fsp3) is 0.320. The Kier molecular flexibility index (Phi) is 7.16. The van der Waals surface area contributed by atoms with E-state index in [1.54, 1.807) is 0 Å². The molecule has 0 N–H and O–H groups in total. The van der Waals surface area contributed by atoms with E-state index in [1.807, 2.05) is 24.3 Å². The van der Waals surface area contributed by atoms with E-state index in [4.69, 9.17) is 0 Å². The molecule has 0 aromatic heterocycles. The fourth-order valence-corrected chi connectivity index (χ4v) is 8.27. The van der Waals surface area contributed by atoms with Gasteiger partial charge in [0.15, 0.2) is 10.9 Å². The maximum absolute atomic E-state index is 14.9. The van der Waals surface area contributed by atoms with Crippen molar-refractivity contribution in [3.8, 4) is 33.4 Å². The number of hydrogen-bond donors (Lipinski definition) is 0. The molecule has 0 bridgehead atoms. The summed E-state index contributed by atoms with van der Waals surface area (Å²) in [5.41, 5.74) is 10.8. The van der Waals surface area contributed by atoms with Crippen LogP contribution in [-0.4, -0.2) is 0 Å². The molecule has 0 fully saturated rings. The third-order valence-electron chi connectivity index (χ3n) is 11.5. The van der Waals surface area contributed by atoms with Gasteiger partial charge in [-0.3, -0.25) is 9.59 Å². The normalized spacial score (nSPS) is 13.5. The van der Waals surface area contributed by atoms with Crippen LogP contribution < -0.4 is 10.9 Å². The van der Waals surface area contributed by atoms with Gasteiger partial charge in [-0.15, -0.1) is 0 Å². The molecule has 2 aliphatic rings. The van der Waals surface area contributed by atoms with Crippen LogP contribution in [-0.2, 0) is 21.7 Å². The first-order valence-corrected chi connectivity index (χ1v) is 18.8. The minimum Gasteiger partial charge on any atom is -0.289 e. The Morgan fingerprint density at radius 3 is 0.923 bits per heavy atom. The van der Waals surface area contributed by atoms with Gasteiger partial charge in [0, 0.05) is 43.4 Å². The van der Waals surface area contributed by atoms with E-state index in [-0.39, 0.29) is 32.5 Å². The van der Waals surface area contributed by atoms with Gasteiger partial charge in [0.1, 0.15) is 0 Å². The van der Waals surface area contributed by atoms with Crippen LogP contribution in [0.4, 0.5) is 0 Å². The molecule has 2 aliphatic carbocycles. The summed E-state index contributed by atoms with van der Waals surface area (Å²) in [6.45, 7) is 27.0. The second-order valence-corrected chi connectivity index (χ2v) is 19.4. The fourth-order valence-electron chi connectivity index (χ4n) is 8.27. The van der Waals surface area contributed by atoms with Crippen LogP contribution in [0.15, 0.2) is 94.5 Å². The average Bonchev–Trinajstić information content (AvgIpc) is 3.06. The van der Waals surface area contributed by atoms with E-state index >= 15 is 0 Å². The lowest BCUT2D eigenvalue weighted by Crippen LogP contribution is -2.17. The van der Waals surface area contributed by atoms with E-state index in [1.165, 1.54) is 22.3 Å². The van der Waals surface area contributed by atoms with Crippen molar-refractivity contribution in [2.24, 2.45) is 0 Å². The third kappa shape index (κ3) is 5.12. The van der Waals surface area contributed by atoms with Crippen LogP contribution in [0.2, 0.25) is 0 Å². The summed E-state index contributed by atoms with van der Waals surface area (Å²) >= 11 is 0. The van der Waals surface area contributed by atoms with Gasteiger partial charge in [-0.25, -0.2) is 0 Å². The van der Waals surface area contributed by atoms with Crippen molar-refractivity contribution < 1.29 is 0 Å². The second-order valence-electron chi connectivity index (χ2n) is 19.4. The Morgan fingerprint density at radius 1 is 0.346 bits per heavy atom. The molecule has 0 unspecified atom stereocenters. The highest BCUT2D eigenvalue weighted by molar-refractivity contribution is 6.31. The lowest BCUT2D eigenvalue weighted by atomic mass is 9.75. The molecule has 52 heavy (non-hydrogen) atoms. The zero-order valence-electron chi connectivity index (χ0n) is 32.9. The molecule has 262 valence electrons. The zero-order valence-corrected chi connectivity index (χ0v) is 32.9. The highest BCUT2D eigenvalue weighted by Crippen LogP contribution is 2.50. The van der Waals surface area contributed by atoms with Crippen LogP contribution in [0.1, 0.15) is 105 Å². The predicted molar refractivity (Wildman–Crippen MR) is 225 cm³/mol. The quantitative estimate of drug-likeness (QED) is 0.134. The smallest absolute Gasteiger partial charge is 0.194 e. The van der Waals surface area contributed by atoms with Crippen LogP contribution in [0.3, 0.4) is 0 Å². The first-order valence-electron chi connectivity index (χ1n) is 18.8. The van der Waals surface area contributed by atoms with Crippen LogP contribution >= 0.6 is 0 Å². The maximum atomic E-state index is 14.9. The van der Waals surface area contributed by atoms with Gasteiger partial charge in [-0.1, -0.05) is 156 Å². The lowest BCUT2D eigenvalue weighted by molar-refractivity contribution is 0.568. The van der Waals surface area contributed by atoms with Gasteiger partial charge >= 0.3 is 0 Å². The summed E-state index contributed by atoms with van der Waals surface area (Å²) in [6.07, 6.45) is 0. The average molecular weight is 683 g/mol. The van der Waals surface area contributed by atoms with Crippen molar-refractivity contribution in [2.45, 2.75) is 105 Å². The number of benzene rings is 8. The molecular weight excluding hydrogens is 633 g/mol. The lowest BCUT2D eigenvalue weighted by Gasteiger charge is -2.28. The molecule has 0 atom stereocenters. The van der Waals surface area contributed by atoms with Gasteiger partial charge in [0.2, 0.25) is 0 Å². The minimum atomic E-state index is -0.0658. The monoisotopic (exact) mass is 682 g/mol. The molecule has 8 rings (SSSR count).